The lowest BCUT2D eigenvalue weighted by Gasteiger charge is -2.20. The molecular weight excluding hydrogens is 260 g/mol. The maximum Gasteiger partial charge on any atom is 0.134 e. The normalized spacial score (nSPS) is 18.6. The van der Waals surface area contributed by atoms with Crippen molar-refractivity contribution in [3.8, 4) is 5.75 Å². The molecular formula is C16H23F2NO. The van der Waals surface area contributed by atoms with E-state index in [-0.39, 0.29) is 11.3 Å². The number of hydrogen-bond acceptors (Lipinski definition) is 2. The van der Waals surface area contributed by atoms with Crippen molar-refractivity contribution >= 4 is 0 Å². The molecule has 0 saturated heterocycles. The number of benzene rings is 1. The van der Waals surface area contributed by atoms with Crippen LogP contribution in [0.2, 0.25) is 0 Å². The second kappa shape index (κ2) is 7.02. The molecule has 20 heavy (non-hydrogen) atoms. The van der Waals surface area contributed by atoms with Gasteiger partial charge in [0.2, 0.25) is 0 Å². The van der Waals surface area contributed by atoms with Crippen molar-refractivity contribution in [3.05, 3.63) is 29.3 Å². The van der Waals surface area contributed by atoms with Gasteiger partial charge in [0, 0.05) is 23.7 Å². The number of ether oxygens (including phenoxy) is 1. The third-order valence-corrected chi connectivity index (χ3v) is 4.22. The Morgan fingerprint density at radius 2 is 1.70 bits per heavy atom. The first-order valence-electron chi connectivity index (χ1n) is 7.40. The highest BCUT2D eigenvalue weighted by molar-refractivity contribution is 5.32. The first-order chi connectivity index (χ1) is 9.61. The number of methoxy groups -OCH3 is 1. The fourth-order valence-electron chi connectivity index (χ4n) is 3.11. The van der Waals surface area contributed by atoms with Gasteiger partial charge in [0.25, 0.3) is 0 Å². The summed E-state index contributed by atoms with van der Waals surface area (Å²) in [6, 6.07) is 1.82. The molecule has 0 spiro atoms. The maximum absolute atomic E-state index is 14.0. The van der Waals surface area contributed by atoms with E-state index in [1.807, 2.05) is 0 Å². The Morgan fingerprint density at radius 1 is 1.15 bits per heavy atom. The minimum atomic E-state index is -0.608. The molecule has 0 heterocycles. The average Bonchev–Trinajstić information content (AvgIpc) is 2.66. The zero-order valence-corrected chi connectivity index (χ0v) is 12.0. The second-order valence-corrected chi connectivity index (χ2v) is 5.70. The summed E-state index contributed by atoms with van der Waals surface area (Å²) in [6.45, 7) is 0. The molecule has 1 unspecified atom stereocenters. The van der Waals surface area contributed by atoms with Crippen molar-refractivity contribution in [1.29, 1.82) is 0 Å². The molecule has 1 aliphatic rings. The molecule has 1 saturated carbocycles. The maximum atomic E-state index is 14.0. The number of hydrogen-bond donors (Lipinski definition) is 1. The van der Waals surface area contributed by atoms with Gasteiger partial charge in [0.15, 0.2) is 0 Å². The Hall–Kier alpha value is -1.16. The standard InChI is InChI=1S/C16H23F2NO/c1-20-12-9-13(17)16(14(18)10-12)15(19)8-11-6-4-2-3-5-7-11/h9-11,15H,2-8,19H2,1H3. The lowest BCUT2D eigenvalue weighted by Crippen LogP contribution is -2.18. The van der Waals surface area contributed by atoms with Gasteiger partial charge in [-0.25, -0.2) is 8.78 Å². The van der Waals surface area contributed by atoms with Crippen molar-refractivity contribution in [2.75, 3.05) is 7.11 Å². The molecule has 0 radical (unpaired) electrons. The van der Waals surface area contributed by atoms with Crippen LogP contribution in [-0.4, -0.2) is 7.11 Å². The lowest BCUT2D eigenvalue weighted by molar-refractivity contribution is 0.375. The van der Waals surface area contributed by atoms with Gasteiger partial charge >= 0.3 is 0 Å². The summed E-state index contributed by atoms with van der Waals surface area (Å²) in [5.74, 6) is -0.551. The Morgan fingerprint density at radius 3 is 2.20 bits per heavy atom. The van der Waals surface area contributed by atoms with Gasteiger partial charge in [-0.15, -0.1) is 0 Å². The molecule has 2 nitrogen and oxygen atoms in total. The summed E-state index contributed by atoms with van der Waals surface area (Å²) in [7, 11) is 1.39. The van der Waals surface area contributed by atoms with Gasteiger partial charge in [0.1, 0.15) is 17.4 Å². The summed E-state index contributed by atoms with van der Waals surface area (Å²) >= 11 is 0. The first-order valence-corrected chi connectivity index (χ1v) is 7.40. The molecule has 1 fully saturated rings. The predicted octanol–water partition coefficient (Wildman–Crippen LogP) is 4.33. The first kappa shape index (κ1) is 15.2. The molecule has 0 aromatic heterocycles. The van der Waals surface area contributed by atoms with Crippen LogP contribution in [0.15, 0.2) is 12.1 Å². The highest BCUT2D eigenvalue weighted by Crippen LogP contribution is 2.33. The predicted molar refractivity (Wildman–Crippen MR) is 75.6 cm³/mol. The summed E-state index contributed by atoms with van der Waals surface area (Å²) < 4.78 is 32.8. The molecule has 1 atom stereocenters. The van der Waals surface area contributed by atoms with Crippen molar-refractivity contribution in [2.45, 2.75) is 51.0 Å². The van der Waals surface area contributed by atoms with Crippen LogP contribution in [-0.2, 0) is 0 Å². The van der Waals surface area contributed by atoms with E-state index in [9.17, 15) is 8.78 Å². The van der Waals surface area contributed by atoms with Gasteiger partial charge in [-0.2, -0.15) is 0 Å². The Balaban J connectivity index is 2.10. The SMILES string of the molecule is COc1cc(F)c(C(N)CC2CCCCCC2)c(F)c1. The van der Waals surface area contributed by atoms with E-state index >= 15 is 0 Å². The molecule has 2 N–H and O–H groups in total. The van der Waals surface area contributed by atoms with E-state index in [0.717, 1.165) is 12.8 Å². The van der Waals surface area contributed by atoms with E-state index < -0.39 is 17.7 Å². The number of nitrogens with two attached hydrogens (primary N) is 1. The van der Waals surface area contributed by atoms with Crippen molar-refractivity contribution < 1.29 is 13.5 Å². The third kappa shape index (κ3) is 3.69. The van der Waals surface area contributed by atoms with Gasteiger partial charge < -0.3 is 10.5 Å². The van der Waals surface area contributed by atoms with E-state index in [4.69, 9.17) is 10.5 Å². The van der Waals surface area contributed by atoms with Crippen LogP contribution in [0, 0.1) is 17.6 Å². The van der Waals surface area contributed by atoms with Gasteiger partial charge in [0.05, 0.1) is 7.11 Å². The van der Waals surface area contributed by atoms with Crippen LogP contribution in [0.5, 0.6) is 5.75 Å². The molecule has 2 rings (SSSR count). The monoisotopic (exact) mass is 283 g/mol. The van der Waals surface area contributed by atoms with Crippen LogP contribution in [0.4, 0.5) is 8.78 Å². The van der Waals surface area contributed by atoms with Crippen molar-refractivity contribution in [2.24, 2.45) is 11.7 Å². The van der Waals surface area contributed by atoms with Gasteiger partial charge in [-0.1, -0.05) is 38.5 Å². The number of rotatable bonds is 4. The summed E-state index contributed by atoms with van der Waals surface area (Å²) in [5, 5.41) is 0. The minimum Gasteiger partial charge on any atom is -0.497 e. The van der Waals surface area contributed by atoms with Crippen molar-refractivity contribution in [1.82, 2.24) is 0 Å². The molecule has 0 aliphatic heterocycles. The Bertz CT molecular complexity index is 419. The molecule has 0 bridgehead atoms. The molecule has 1 aromatic rings. The van der Waals surface area contributed by atoms with Crippen LogP contribution in [0.3, 0.4) is 0 Å². The molecule has 1 aromatic carbocycles. The number of halogens is 2. The van der Waals surface area contributed by atoms with E-state index in [0.29, 0.717) is 12.3 Å². The second-order valence-electron chi connectivity index (χ2n) is 5.70. The molecule has 1 aliphatic carbocycles. The van der Waals surface area contributed by atoms with Gasteiger partial charge in [-0.05, 0) is 12.3 Å². The summed E-state index contributed by atoms with van der Waals surface area (Å²) in [5.41, 5.74) is 6.04. The largest absolute Gasteiger partial charge is 0.497 e. The van der Waals surface area contributed by atoms with Crippen LogP contribution in [0.25, 0.3) is 0 Å². The van der Waals surface area contributed by atoms with Crippen LogP contribution >= 0.6 is 0 Å². The summed E-state index contributed by atoms with van der Waals surface area (Å²) in [6.07, 6.45) is 7.81. The smallest absolute Gasteiger partial charge is 0.134 e. The fourth-order valence-corrected chi connectivity index (χ4v) is 3.11. The topological polar surface area (TPSA) is 35.2 Å². The Kier molecular flexibility index (Phi) is 5.35. The third-order valence-electron chi connectivity index (χ3n) is 4.22. The minimum absolute atomic E-state index is 0.00459. The Labute approximate surface area is 119 Å². The zero-order valence-electron chi connectivity index (χ0n) is 12.0. The van der Waals surface area contributed by atoms with Crippen LogP contribution in [0.1, 0.15) is 56.6 Å². The van der Waals surface area contributed by atoms with Gasteiger partial charge in [-0.3, -0.25) is 0 Å². The molecule has 0 amide bonds. The molecule has 4 heteroatoms. The van der Waals surface area contributed by atoms with E-state index in [2.05, 4.69) is 0 Å². The lowest BCUT2D eigenvalue weighted by atomic mass is 9.89. The fraction of sp³-hybridized carbons (Fsp3) is 0.625. The van der Waals surface area contributed by atoms with Crippen LogP contribution < -0.4 is 10.5 Å². The van der Waals surface area contributed by atoms with E-state index in [1.165, 1.54) is 44.9 Å². The molecule has 112 valence electrons. The quantitative estimate of drug-likeness (QED) is 0.835. The highest BCUT2D eigenvalue weighted by atomic mass is 19.1. The highest BCUT2D eigenvalue weighted by Gasteiger charge is 2.22. The van der Waals surface area contributed by atoms with Crippen molar-refractivity contribution in [3.63, 3.8) is 0 Å². The zero-order chi connectivity index (χ0) is 14.5. The van der Waals surface area contributed by atoms with E-state index in [1.54, 1.807) is 0 Å². The summed E-state index contributed by atoms with van der Waals surface area (Å²) in [4.78, 5) is 0. The average molecular weight is 283 g/mol.